The van der Waals surface area contributed by atoms with E-state index in [0.29, 0.717) is 0 Å². The number of halogens is 1. The van der Waals surface area contributed by atoms with Gasteiger partial charge in [-0.25, -0.2) is 0 Å². The number of nitro benzene ring substituents is 1. The topological polar surface area (TPSA) is 69.4 Å². The Morgan fingerprint density at radius 3 is 2.86 bits per heavy atom. The molecule has 1 aromatic rings. The molecule has 0 saturated carbocycles. The van der Waals surface area contributed by atoms with Crippen LogP contribution in [-0.2, 0) is 4.79 Å². The van der Waals surface area contributed by atoms with E-state index in [0.717, 1.165) is 0 Å². The van der Waals surface area contributed by atoms with E-state index >= 15 is 0 Å². The molecule has 5 nitrogen and oxygen atoms in total. The minimum absolute atomic E-state index is 0.0930. The van der Waals surface area contributed by atoms with Crippen LogP contribution in [0.3, 0.4) is 0 Å². The number of non-ortho nitro benzene ring substituents is 1. The van der Waals surface area contributed by atoms with Crippen molar-refractivity contribution in [3.8, 4) is 5.75 Å². The highest BCUT2D eigenvalue weighted by molar-refractivity contribution is 6.63. The fraction of sp³-hybridized carbons (Fsp3) is 0.125. The number of carbonyl (C=O) groups is 1. The van der Waals surface area contributed by atoms with E-state index in [4.69, 9.17) is 16.3 Å². The van der Waals surface area contributed by atoms with Gasteiger partial charge in [-0.05, 0) is 17.7 Å². The van der Waals surface area contributed by atoms with Crippen LogP contribution in [0.15, 0.2) is 24.3 Å². The van der Waals surface area contributed by atoms with E-state index in [-0.39, 0.29) is 18.0 Å². The minimum atomic E-state index is -0.656. The number of hydrogen-bond donors (Lipinski definition) is 0. The number of nitro groups is 1. The quantitative estimate of drug-likeness (QED) is 0.436. The minimum Gasteiger partial charge on any atom is -0.484 e. The summed E-state index contributed by atoms with van der Waals surface area (Å²) in [4.78, 5) is 20.1. The molecule has 0 fully saturated rings. The number of ether oxygens (including phenoxy) is 1. The number of hydrogen-bond acceptors (Lipinski definition) is 4. The number of rotatable bonds is 4. The van der Waals surface area contributed by atoms with E-state index in [1.54, 1.807) is 0 Å². The van der Waals surface area contributed by atoms with E-state index in [2.05, 4.69) is 0 Å². The zero-order valence-corrected chi connectivity index (χ0v) is 7.73. The third kappa shape index (κ3) is 3.02. The molecular weight excluding hydrogens is 210 g/mol. The van der Waals surface area contributed by atoms with E-state index < -0.39 is 10.2 Å². The van der Waals surface area contributed by atoms with Gasteiger partial charge >= 0.3 is 0 Å². The third-order valence-corrected chi connectivity index (χ3v) is 1.49. The van der Waals surface area contributed by atoms with Crippen LogP contribution < -0.4 is 4.74 Å². The molecule has 0 radical (unpaired) electrons. The lowest BCUT2D eigenvalue weighted by Gasteiger charge is -2.01. The molecule has 1 rings (SSSR count). The zero-order valence-electron chi connectivity index (χ0n) is 6.97. The molecule has 0 atom stereocenters. The summed E-state index contributed by atoms with van der Waals surface area (Å²) < 4.78 is 4.87. The second-order valence-corrected chi connectivity index (χ2v) is 2.82. The van der Waals surface area contributed by atoms with Crippen LogP contribution in [0.2, 0.25) is 0 Å². The normalized spacial score (nSPS) is 9.50. The van der Waals surface area contributed by atoms with Crippen molar-refractivity contribution in [2.24, 2.45) is 0 Å². The van der Waals surface area contributed by atoms with Crippen molar-refractivity contribution < 1.29 is 14.5 Å². The second kappa shape index (κ2) is 4.57. The van der Waals surface area contributed by atoms with Crippen molar-refractivity contribution in [2.75, 3.05) is 6.61 Å². The van der Waals surface area contributed by atoms with Gasteiger partial charge in [0, 0.05) is 6.07 Å². The van der Waals surface area contributed by atoms with Gasteiger partial charge in [0.25, 0.3) is 10.9 Å². The van der Waals surface area contributed by atoms with E-state index in [9.17, 15) is 14.9 Å². The first-order chi connectivity index (χ1) is 6.59. The van der Waals surface area contributed by atoms with Crippen LogP contribution >= 0.6 is 11.6 Å². The lowest BCUT2D eigenvalue weighted by Crippen LogP contribution is -2.04. The Morgan fingerprint density at radius 1 is 1.57 bits per heavy atom. The van der Waals surface area contributed by atoms with Crippen molar-refractivity contribution in [1.29, 1.82) is 0 Å². The maximum Gasteiger partial charge on any atom is 0.273 e. The molecule has 0 bridgehead atoms. The van der Waals surface area contributed by atoms with Gasteiger partial charge in [-0.2, -0.15) is 0 Å². The molecule has 0 aliphatic heterocycles. The standard InChI is InChI=1S/C8H6ClNO4/c9-8(11)5-14-7-3-1-2-6(4-7)10(12)13/h1-4H,5H2. The highest BCUT2D eigenvalue weighted by Crippen LogP contribution is 2.18. The van der Waals surface area contributed by atoms with Gasteiger partial charge in [0.2, 0.25) is 0 Å². The van der Waals surface area contributed by atoms with Crippen molar-refractivity contribution in [3.63, 3.8) is 0 Å². The van der Waals surface area contributed by atoms with Crippen LogP contribution in [0.25, 0.3) is 0 Å². The summed E-state index contributed by atoms with van der Waals surface area (Å²) in [5, 5.41) is 9.69. The Kier molecular flexibility index (Phi) is 3.41. The molecule has 0 unspecified atom stereocenters. The summed E-state index contributed by atoms with van der Waals surface area (Å²) >= 11 is 5.03. The average molecular weight is 216 g/mol. The molecule has 0 spiro atoms. The van der Waals surface area contributed by atoms with Gasteiger partial charge in [0.15, 0.2) is 6.61 Å². The van der Waals surface area contributed by atoms with E-state index in [1.165, 1.54) is 24.3 Å². The van der Waals surface area contributed by atoms with Crippen molar-refractivity contribution in [1.82, 2.24) is 0 Å². The summed E-state index contributed by atoms with van der Waals surface area (Å²) in [7, 11) is 0. The summed E-state index contributed by atoms with van der Waals surface area (Å²) in [6.07, 6.45) is 0. The van der Waals surface area contributed by atoms with Crippen molar-refractivity contribution in [3.05, 3.63) is 34.4 Å². The monoisotopic (exact) mass is 215 g/mol. The fourth-order valence-corrected chi connectivity index (χ4v) is 0.881. The first-order valence-electron chi connectivity index (χ1n) is 3.65. The molecule has 74 valence electrons. The summed E-state index contributed by atoms with van der Waals surface area (Å²) in [6.45, 7) is -0.303. The predicted octanol–water partition coefficient (Wildman–Crippen LogP) is 1.74. The average Bonchev–Trinajstić information content (AvgIpc) is 2.15. The Morgan fingerprint density at radius 2 is 2.29 bits per heavy atom. The lowest BCUT2D eigenvalue weighted by atomic mass is 10.3. The van der Waals surface area contributed by atoms with Gasteiger partial charge in [0.05, 0.1) is 11.0 Å². The van der Waals surface area contributed by atoms with Crippen LogP contribution in [0, 0.1) is 10.1 Å². The van der Waals surface area contributed by atoms with Crippen molar-refractivity contribution >= 4 is 22.5 Å². The Balaban J connectivity index is 2.73. The maximum atomic E-state index is 10.3. The largest absolute Gasteiger partial charge is 0.484 e. The summed E-state index contributed by atoms with van der Waals surface area (Å²) in [5.41, 5.74) is -0.0930. The molecule has 0 N–H and O–H groups in total. The molecule has 1 aromatic carbocycles. The van der Waals surface area contributed by atoms with E-state index in [1.807, 2.05) is 0 Å². The first-order valence-corrected chi connectivity index (χ1v) is 4.03. The highest BCUT2D eigenvalue weighted by Gasteiger charge is 2.06. The molecule has 0 heterocycles. The zero-order chi connectivity index (χ0) is 10.6. The molecule has 0 aliphatic carbocycles. The van der Waals surface area contributed by atoms with Crippen LogP contribution in [0.1, 0.15) is 0 Å². The highest BCUT2D eigenvalue weighted by atomic mass is 35.5. The van der Waals surface area contributed by atoms with Crippen LogP contribution in [0.4, 0.5) is 5.69 Å². The molecular formula is C8H6ClNO4. The molecule has 0 aliphatic rings. The summed E-state index contributed by atoms with van der Waals surface area (Å²) in [5.74, 6) is 0.244. The predicted molar refractivity (Wildman–Crippen MR) is 49.5 cm³/mol. The smallest absolute Gasteiger partial charge is 0.273 e. The third-order valence-electron chi connectivity index (χ3n) is 1.38. The van der Waals surface area contributed by atoms with Gasteiger partial charge in [-0.3, -0.25) is 14.9 Å². The van der Waals surface area contributed by atoms with Gasteiger partial charge in [0.1, 0.15) is 5.75 Å². The SMILES string of the molecule is O=C(Cl)COc1cccc([N+](=O)[O-])c1. The lowest BCUT2D eigenvalue weighted by molar-refractivity contribution is -0.384. The fourth-order valence-electron chi connectivity index (χ4n) is 0.827. The molecule has 0 aromatic heterocycles. The van der Waals surface area contributed by atoms with Crippen molar-refractivity contribution in [2.45, 2.75) is 0 Å². The molecule has 0 amide bonds. The summed E-state index contributed by atoms with van der Waals surface area (Å²) in [6, 6.07) is 5.52. The Labute approximate surface area is 84.4 Å². The van der Waals surface area contributed by atoms with Crippen LogP contribution in [0.5, 0.6) is 5.75 Å². The number of carbonyl (C=O) groups excluding carboxylic acids is 1. The second-order valence-electron chi connectivity index (χ2n) is 2.40. The van der Waals surface area contributed by atoms with Gasteiger partial charge in [-0.1, -0.05) is 6.07 Å². The first kappa shape index (κ1) is 10.5. The molecule has 6 heteroatoms. The Bertz CT molecular complexity index is 366. The van der Waals surface area contributed by atoms with Gasteiger partial charge in [-0.15, -0.1) is 0 Å². The maximum absolute atomic E-state index is 10.3. The van der Waals surface area contributed by atoms with Crippen LogP contribution in [-0.4, -0.2) is 16.8 Å². The molecule has 0 saturated heterocycles. The Hall–Kier alpha value is -1.62. The number of benzene rings is 1. The van der Waals surface area contributed by atoms with Gasteiger partial charge < -0.3 is 4.74 Å². The number of nitrogens with zero attached hydrogens (tertiary/aromatic N) is 1. The molecule has 14 heavy (non-hydrogen) atoms.